The van der Waals surface area contributed by atoms with Gasteiger partial charge in [-0.15, -0.1) is 24.0 Å². The van der Waals surface area contributed by atoms with Crippen LogP contribution in [0.3, 0.4) is 0 Å². The zero-order chi connectivity index (χ0) is 18.4. The van der Waals surface area contributed by atoms with E-state index >= 15 is 0 Å². The molecular formula is C20H29IN4O. The van der Waals surface area contributed by atoms with Gasteiger partial charge in [0.2, 0.25) is 5.91 Å². The van der Waals surface area contributed by atoms with E-state index in [0.29, 0.717) is 5.96 Å². The predicted molar refractivity (Wildman–Crippen MR) is 120 cm³/mol. The number of halogens is 1. The molecule has 2 rings (SSSR count). The molecule has 0 spiro atoms. The van der Waals surface area contributed by atoms with Crippen molar-refractivity contribution in [3.05, 3.63) is 48.0 Å². The van der Waals surface area contributed by atoms with E-state index in [4.69, 9.17) is 0 Å². The number of carbonyl (C=O) groups excluding carboxylic acids is 1. The zero-order valence-electron chi connectivity index (χ0n) is 16.1. The number of rotatable bonds is 5. The molecule has 0 aliphatic rings. The molecule has 0 heterocycles. The summed E-state index contributed by atoms with van der Waals surface area (Å²) in [5, 5.41) is 9.15. The number of hydrogen-bond acceptors (Lipinski definition) is 2. The van der Waals surface area contributed by atoms with Gasteiger partial charge in [-0.1, -0.05) is 42.5 Å². The van der Waals surface area contributed by atoms with Crippen LogP contribution in [0.2, 0.25) is 0 Å². The van der Waals surface area contributed by atoms with Crippen LogP contribution in [-0.2, 0) is 4.79 Å². The second-order valence-electron chi connectivity index (χ2n) is 6.69. The highest BCUT2D eigenvalue weighted by molar-refractivity contribution is 14.0. The van der Waals surface area contributed by atoms with E-state index in [1.54, 1.807) is 19.0 Å². The fraction of sp³-hybridized carbons (Fsp3) is 0.400. The van der Waals surface area contributed by atoms with Gasteiger partial charge >= 0.3 is 0 Å². The van der Waals surface area contributed by atoms with Gasteiger partial charge in [-0.25, -0.2) is 4.99 Å². The molecule has 0 bridgehead atoms. The lowest BCUT2D eigenvalue weighted by atomic mass is 10.00. The number of hydrogen-bond donors (Lipinski definition) is 2. The Kier molecular flexibility index (Phi) is 8.84. The van der Waals surface area contributed by atoms with E-state index < -0.39 is 0 Å². The molecule has 2 aromatic rings. The van der Waals surface area contributed by atoms with Gasteiger partial charge in [0.1, 0.15) is 6.54 Å². The van der Waals surface area contributed by atoms with Crippen molar-refractivity contribution < 1.29 is 4.79 Å². The fourth-order valence-electron chi connectivity index (χ4n) is 2.61. The topological polar surface area (TPSA) is 56.7 Å². The first-order valence-corrected chi connectivity index (χ1v) is 8.63. The van der Waals surface area contributed by atoms with Crippen LogP contribution in [-0.4, -0.2) is 43.4 Å². The van der Waals surface area contributed by atoms with Crippen molar-refractivity contribution in [1.29, 1.82) is 0 Å². The van der Waals surface area contributed by atoms with E-state index in [0.717, 1.165) is 0 Å². The number of amides is 1. The summed E-state index contributed by atoms with van der Waals surface area (Å²) >= 11 is 0. The Hall–Kier alpha value is -1.83. The first-order chi connectivity index (χ1) is 11.9. The average Bonchev–Trinajstić information content (AvgIpc) is 2.58. The minimum absolute atomic E-state index is 0. The van der Waals surface area contributed by atoms with Crippen LogP contribution in [0.25, 0.3) is 10.8 Å². The third kappa shape index (κ3) is 6.16. The number of aliphatic imine (C=N–C) groups is 1. The van der Waals surface area contributed by atoms with Crippen molar-refractivity contribution in [2.24, 2.45) is 4.99 Å². The third-order valence-electron chi connectivity index (χ3n) is 3.94. The van der Waals surface area contributed by atoms with Gasteiger partial charge in [0, 0.05) is 20.1 Å². The highest BCUT2D eigenvalue weighted by atomic mass is 127. The van der Waals surface area contributed by atoms with Gasteiger partial charge < -0.3 is 15.5 Å². The molecule has 26 heavy (non-hydrogen) atoms. The van der Waals surface area contributed by atoms with E-state index in [2.05, 4.69) is 58.9 Å². The summed E-state index contributed by atoms with van der Waals surface area (Å²) in [6.07, 6.45) is 0. The van der Waals surface area contributed by atoms with Crippen LogP contribution in [0, 0.1) is 0 Å². The number of fused-ring (bicyclic) bond motifs is 1. The Balaban J connectivity index is 0.00000338. The number of nitrogens with zero attached hydrogens (tertiary/aromatic N) is 2. The van der Waals surface area contributed by atoms with Crippen LogP contribution in [0.15, 0.2) is 47.5 Å². The quantitative estimate of drug-likeness (QED) is 0.401. The minimum Gasteiger partial charge on any atom is -0.354 e. The smallest absolute Gasteiger partial charge is 0.243 e. The molecule has 2 N–H and O–H groups in total. The van der Waals surface area contributed by atoms with E-state index in [1.165, 1.54) is 16.3 Å². The standard InChI is InChI=1S/C20H28N4O.HI/c1-14(2)22-20(21-13-19(25)24(4)5)23-15(3)17-12-8-10-16-9-6-7-11-18(16)17;/h6-12,14-15H,13H2,1-5H3,(H2,21,22,23);1H. The van der Waals surface area contributed by atoms with E-state index in [1.807, 2.05) is 19.9 Å². The summed E-state index contributed by atoms with van der Waals surface area (Å²) in [5.41, 5.74) is 1.20. The predicted octanol–water partition coefficient (Wildman–Crippen LogP) is 3.55. The molecule has 142 valence electrons. The summed E-state index contributed by atoms with van der Waals surface area (Å²) in [6, 6.07) is 14.9. The van der Waals surface area contributed by atoms with Gasteiger partial charge in [-0.2, -0.15) is 0 Å². The molecule has 5 nitrogen and oxygen atoms in total. The van der Waals surface area contributed by atoms with Gasteiger partial charge in [-0.05, 0) is 37.1 Å². The third-order valence-corrected chi connectivity index (χ3v) is 3.94. The van der Waals surface area contributed by atoms with Gasteiger partial charge in [-0.3, -0.25) is 4.79 Å². The molecule has 2 aromatic carbocycles. The number of likely N-dealkylation sites (N-methyl/N-ethyl adjacent to an activating group) is 1. The molecule has 1 unspecified atom stereocenters. The van der Waals surface area contributed by atoms with Crippen LogP contribution < -0.4 is 10.6 Å². The molecule has 1 atom stereocenters. The van der Waals surface area contributed by atoms with Gasteiger partial charge in [0.05, 0.1) is 6.04 Å². The normalized spacial score (nSPS) is 12.5. The molecule has 1 amide bonds. The second kappa shape index (κ2) is 10.4. The Morgan fingerprint density at radius 3 is 2.35 bits per heavy atom. The van der Waals surface area contributed by atoms with Crippen molar-refractivity contribution in [1.82, 2.24) is 15.5 Å². The molecule has 0 saturated carbocycles. The number of benzene rings is 2. The van der Waals surface area contributed by atoms with E-state index in [-0.39, 0.29) is 48.5 Å². The summed E-state index contributed by atoms with van der Waals surface area (Å²) in [7, 11) is 3.47. The molecule has 0 aliphatic carbocycles. The molecule has 0 aliphatic heterocycles. The van der Waals surface area contributed by atoms with Crippen LogP contribution in [0.1, 0.15) is 32.4 Å². The van der Waals surface area contributed by atoms with Crippen molar-refractivity contribution in [3.8, 4) is 0 Å². The first kappa shape index (κ1) is 22.2. The summed E-state index contributed by atoms with van der Waals surface area (Å²) < 4.78 is 0. The Morgan fingerprint density at radius 1 is 1.04 bits per heavy atom. The number of carbonyl (C=O) groups is 1. The summed E-state index contributed by atoms with van der Waals surface area (Å²) in [4.78, 5) is 17.8. The molecule has 0 radical (unpaired) electrons. The molecule has 0 saturated heterocycles. The van der Waals surface area contributed by atoms with Crippen LogP contribution >= 0.6 is 24.0 Å². The maximum atomic E-state index is 11.8. The first-order valence-electron chi connectivity index (χ1n) is 8.63. The minimum atomic E-state index is -0.0253. The molecule has 6 heteroatoms. The summed E-state index contributed by atoms with van der Waals surface area (Å²) in [5.74, 6) is 0.619. The maximum absolute atomic E-state index is 11.8. The lowest BCUT2D eigenvalue weighted by Gasteiger charge is -2.21. The van der Waals surface area contributed by atoms with E-state index in [9.17, 15) is 4.79 Å². The fourth-order valence-corrected chi connectivity index (χ4v) is 2.61. The Morgan fingerprint density at radius 2 is 1.69 bits per heavy atom. The largest absolute Gasteiger partial charge is 0.354 e. The van der Waals surface area contributed by atoms with Crippen molar-refractivity contribution in [2.75, 3.05) is 20.6 Å². The average molecular weight is 468 g/mol. The van der Waals surface area contributed by atoms with Crippen molar-refractivity contribution in [3.63, 3.8) is 0 Å². The van der Waals surface area contributed by atoms with Gasteiger partial charge in [0.25, 0.3) is 0 Å². The van der Waals surface area contributed by atoms with Crippen LogP contribution in [0.5, 0.6) is 0 Å². The second-order valence-corrected chi connectivity index (χ2v) is 6.69. The number of guanidine groups is 1. The Labute approximate surface area is 173 Å². The zero-order valence-corrected chi connectivity index (χ0v) is 18.4. The lowest BCUT2D eigenvalue weighted by Crippen LogP contribution is -2.43. The number of nitrogens with one attached hydrogen (secondary N) is 2. The lowest BCUT2D eigenvalue weighted by molar-refractivity contribution is -0.127. The molecule has 0 aromatic heterocycles. The Bertz CT molecular complexity index is 753. The highest BCUT2D eigenvalue weighted by Gasteiger charge is 2.12. The van der Waals surface area contributed by atoms with Crippen LogP contribution in [0.4, 0.5) is 0 Å². The SMILES string of the molecule is CC(C)NC(=NCC(=O)N(C)C)NC(C)c1cccc2ccccc12.I. The monoisotopic (exact) mass is 468 g/mol. The molecule has 0 fully saturated rings. The maximum Gasteiger partial charge on any atom is 0.243 e. The van der Waals surface area contributed by atoms with Gasteiger partial charge in [0.15, 0.2) is 5.96 Å². The van der Waals surface area contributed by atoms with Crippen molar-refractivity contribution >= 4 is 46.6 Å². The van der Waals surface area contributed by atoms with Crippen molar-refractivity contribution in [2.45, 2.75) is 32.9 Å². The summed E-state index contributed by atoms with van der Waals surface area (Å²) in [6.45, 7) is 6.32. The highest BCUT2D eigenvalue weighted by Crippen LogP contribution is 2.23. The molecular weight excluding hydrogens is 439 g/mol.